The fourth-order valence-corrected chi connectivity index (χ4v) is 2.84. The predicted molar refractivity (Wildman–Crippen MR) is 80.4 cm³/mol. The first kappa shape index (κ1) is 14.4. The monoisotopic (exact) mass is 306 g/mol. The van der Waals surface area contributed by atoms with E-state index in [-0.39, 0.29) is 0 Å². The Labute approximate surface area is 128 Å². The van der Waals surface area contributed by atoms with Crippen molar-refractivity contribution >= 4 is 12.2 Å². The van der Waals surface area contributed by atoms with Crippen LogP contribution in [0.5, 0.6) is 0 Å². The van der Waals surface area contributed by atoms with Crippen LogP contribution in [0, 0.1) is 4.64 Å². The first-order valence-corrected chi connectivity index (χ1v) is 7.27. The summed E-state index contributed by atoms with van der Waals surface area (Å²) in [6.07, 6.45) is 5.26. The molecule has 112 valence electrons. The Bertz CT molecular complexity index is 688. The van der Waals surface area contributed by atoms with Crippen molar-refractivity contribution in [3.63, 3.8) is 0 Å². The summed E-state index contributed by atoms with van der Waals surface area (Å²) in [6, 6.07) is 1.85. The summed E-state index contributed by atoms with van der Waals surface area (Å²) in [5, 5.41) is 4.19. The van der Waals surface area contributed by atoms with Crippen LogP contribution in [0.2, 0.25) is 0 Å². The van der Waals surface area contributed by atoms with E-state index in [0.717, 1.165) is 29.9 Å². The number of rotatable bonds is 3. The average Bonchev–Trinajstić information content (AvgIpc) is 2.94. The van der Waals surface area contributed by atoms with Gasteiger partial charge in [-0.3, -0.25) is 4.68 Å². The highest BCUT2D eigenvalue weighted by Crippen LogP contribution is 2.34. The van der Waals surface area contributed by atoms with E-state index in [2.05, 4.69) is 15.1 Å². The molecule has 21 heavy (non-hydrogen) atoms. The topological polar surface area (TPSA) is 65.0 Å². The van der Waals surface area contributed by atoms with Gasteiger partial charge < -0.3 is 14.5 Å². The molecule has 0 radical (unpaired) electrons. The van der Waals surface area contributed by atoms with Gasteiger partial charge in [-0.1, -0.05) is 12.2 Å². The van der Waals surface area contributed by atoms with E-state index in [9.17, 15) is 0 Å². The third-order valence-electron chi connectivity index (χ3n) is 3.88. The van der Waals surface area contributed by atoms with Gasteiger partial charge in [0.05, 0.1) is 11.9 Å². The van der Waals surface area contributed by atoms with Crippen LogP contribution in [-0.2, 0) is 22.1 Å². The molecule has 1 N–H and O–H groups in total. The molecule has 6 nitrogen and oxygen atoms in total. The van der Waals surface area contributed by atoms with Crippen LogP contribution in [0.25, 0.3) is 11.3 Å². The van der Waals surface area contributed by atoms with Crippen molar-refractivity contribution in [3.8, 4) is 11.3 Å². The molecule has 0 aliphatic carbocycles. The highest BCUT2D eigenvalue weighted by Gasteiger charge is 2.37. The predicted octanol–water partition coefficient (Wildman–Crippen LogP) is 2.19. The zero-order valence-corrected chi connectivity index (χ0v) is 12.9. The van der Waals surface area contributed by atoms with Crippen LogP contribution in [0.4, 0.5) is 0 Å². The van der Waals surface area contributed by atoms with Crippen LogP contribution in [0.1, 0.15) is 18.7 Å². The van der Waals surface area contributed by atoms with E-state index >= 15 is 0 Å². The van der Waals surface area contributed by atoms with E-state index in [0.29, 0.717) is 17.9 Å². The minimum Gasteiger partial charge on any atom is -0.381 e. The molecular weight excluding hydrogens is 288 g/mol. The van der Waals surface area contributed by atoms with Gasteiger partial charge >= 0.3 is 0 Å². The Morgan fingerprint density at radius 2 is 2.19 bits per heavy atom. The summed E-state index contributed by atoms with van der Waals surface area (Å²) in [6.45, 7) is 1.32. The lowest BCUT2D eigenvalue weighted by Crippen LogP contribution is -2.37. The second-order valence-corrected chi connectivity index (χ2v) is 5.61. The van der Waals surface area contributed by atoms with Crippen molar-refractivity contribution in [2.45, 2.75) is 18.4 Å². The van der Waals surface area contributed by atoms with Gasteiger partial charge in [0.1, 0.15) is 16.1 Å². The quantitative estimate of drug-likeness (QED) is 0.881. The minimum atomic E-state index is -0.454. The second-order valence-electron chi connectivity index (χ2n) is 5.20. The third kappa shape index (κ3) is 2.76. The number of aryl methyl sites for hydroxylation is 1. The molecule has 0 bridgehead atoms. The number of methoxy groups -OCH3 is 1. The molecule has 0 aromatic carbocycles. The Hall–Kier alpha value is -1.57. The van der Waals surface area contributed by atoms with Crippen molar-refractivity contribution in [3.05, 3.63) is 28.9 Å². The van der Waals surface area contributed by atoms with E-state index in [4.69, 9.17) is 21.7 Å². The number of ether oxygens (including phenoxy) is 2. The Balaban J connectivity index is 2.06. The first-order valence-electron chi connectivity index (χ1n) is 6.87. The zero-order valence-electron chi connectivity index (χ0n) is 12.1. The first-order chi connectivity index (χ1) is 10.1. The van der Waals surface area contributed by atoms with Gasteiger partial charge in [-0.05, 0) is 6.07 Å². The number of H-pyrrole nitrogens is 1. The van der Waals surface area contributed by atoms with Crippen molar-refractivity contribution in [2.24, 2.45) is 7.05 Å². The zero-order chi connectivity index (χ0) is 14.9. The van der Waals surface area contributed by atoms with Gasteiger partial charge in [0.2, 0.25) is 0 Å². The fourth-order valence-electron chi connectivity index (χ4n) is 2.63. The number of aromatic amines is 1. The van der Waals surface area contributed by atoms with Gasteiger partial charge in [0.25, 0.3) is 0 Å². The minimum absolute atomic E-state index is 0.454. The summed E-state index contributed by atoms with van der Waals surface area (Å²) >= 11 is 5.32. The molecule has 0 amide bonds. The molecule has 3 rings (SSSR count). The fraction of sp³-hybridized carbons (Fsp3) is 0.500. The van der Waals surface area contributed by atoms with Crippen molar-refractivity contribution in [1.82, 2.24) is 19.7 Å². The van der Waals surface area contributed by atoms with Crippen LogP contribution in [0.15, 0.2) is 18.5 Å². The molecule has 0 unspecified atom stereocenters. The SMILES string of the molecule is COC1(c2nc(=S)cc(-c3cnn(C)c3)[nH]2)CCOCC1. The number of hydrogen-bond acceptors (Lipinski definition) is 5. The molecule has 0 spiro atoms. The normalized spacial score (nSPS) is 17.8. The summed E-state index contributed by atoms with van der Waals surface area (Å²) < 4.78 is 13.5. The molecule has 7 heteroatoms. The van der Waals surface area contributed by atoms with Crippen molar-refractivity contribution in [2.75, 3.05) is 20.3 Å². The van der Waals surface area contributed by atoms with Gasteiger partial charge in [0, 0.05) is 52.0 Å². The third-order valence-corrected chi connectivity index (χ3v) is 4.09. The summed E-state index contributed by atoms with van der Waals surface area (Å²) in [5.74, 6) is 0.764. The lowest BCUT2D eigenvalue weighted by Gasteiger charge is -2.34. The van der Waals surface area contributed by atoms with E-state index in [1.165, 1.54) is 0 Å². The maximum absolute atomic E-state index is 5.78. The van der Waals surface area contributed by atoms with Crippen LogP contribution < -0.4 is 0 Å². The van der Waals surface area contributed by atoms with Crippen molar-refractivity contribution in [1.29, 1.82) is 0 Å². The highest BCUT2D eigenvalue weighted by atomic mass is 32.1. The van der Waals surface area contributed by atoms with Crippen LogP contribution in [-0.4, -0.2) is 40.1 Å². The van der Waals surface area contributed by atoms with E-state index in [1.54, 1.807) is 18.0 Å². The Morgan fingerprint density at radius 3 is 2.81 bits per heavy atom. The Morgan fingerprint density at radius 1 is 1.43 bits per heavy atom. The molecule has 1 fully saturated rings. The summed E-state index contributed by atoms with van der Waals surface area (Å²) in [5.41, 5.74) is 1.43. The van der Waals surface area contributed by atoms with Crippen molar-refractivity contribution < 1.29 is 9.47 Å². The number of hydrogen-bond donors (Lipinski definition) is 1. The molecular formula is C14H18N4O2S. The lowest BCUT2D eigenvalue weighted by atomic mass is 9.93. The molecule has 1 saturated heterocycles. The van der Waals surface area contributed by atoms with Gasteiger partial charge in [-0.15, -0.1) is 0 Å². The second kappa shape index (κ2) is 5.67. The molecule has 0 atom stereocenters. The summed E-state index contributed by atoms with van der Waals surface area (Å²) in [7, 11) is 3.59. The molecule has 3 heterocycles. The number of aromatic nitrogens is 4. The molecule has 1 aliphatic rings. The van der Waals surface area contributed by atoms with Gasteiger partial charge in [-0.25, -0.2) is 4.98 Å². The van der Waals surface area contributed by atoms with Crippen LogP contribution >= 0.6 is 12.2 Å². The summed E-state index contributed by atoms with van der Waals surface area (Å²) in [4.78, 5) is 7.85. The average molecular weight is 306 g/mol. The smallest absolute Gasteiger partial charge is 0.140 e. The van der Waals surface area contributed by atoms with Gasteiger partial charge in [-0.2, -0.15) is 5.10 Å². The molecule has 1 aliphatic heterocycles. The van der Waals surface area contributed by atoms with Gasteiger partial charge in [0.15, 0.2) is 0 Å². The van der Waals surface area contributed by atoms with Crippen LogP contribution in [0.3, 0.4) is 0 Å². The lowest BCUT2D eigenvalue weighted by molar-refractivity contribution is -0.1000. The number of nitrogens with zero attached hydrogens (tertiary/aromatic N) is 3. The molecule has 0 saturated carbocycles. The number of nitrogens with one attached hydrogen (secondary N) is 1. The molecule has 2 aromatic heterocycles. The van der Waals surface area contributed by atoms with E-state index in [1.807, 2.05) is 19.3 Å². The molecule has 2 aromatic rings. The van der Waals surface area contributed by atoms with E-state index < -0.39 is 5.60 Å². The largest absolute Gasteiger partial charge is 0.381 e. The maximum atomic E-state index is 5.78. The Kier molecular flexibility index (Phi) is 3.88. The highest BCUT2D eigenvalue weighted by molar-refractivity contribution is 7.71. The standard InChI is InChI=1S/C14H18N4O2S/c1-18-9-10(8-15-18)11-7-12(21)17-13(16-11)14(19-2)3-5-20-6-4-14/h7-9H,3-6H2,1-2H3,(H,16,17,21). The maximum Gasteiger partial charge on any atom is 0.140 e.